The molecule has 3 rings (SSSR count). The van der Waals surface area contributed by atoms with E-state index in [4.69, 9.17) is 4.74 Å². The van der Waals surface area contributed by atoms with Crippen LogP contribution in [0.3, 0.4) is 0 Å². The van der Waals surface area contributed by atoms with E-state index < -0.39 is 10.1 Å². The van der Waals surface area contributed by atoms with Gasteiger partial charge in [-0.3, -0.25) is 0 Å². The molecule has 1 aliphatic heterocycles. The summed E-state index contributed by atoms with van der Waals surface area (Å²) < 4.78 is 36.8. The van der Waals surface area contributed by atoms with Gasteiger partial charge in [-0.2, -0.15) is 0 Å². The molecule has 0 unspecified atom stereocenters. The van der Waals surface area contributed by atoms with Crippen LogP contribution in [0, 0.1) is 13.8 Å². The fourth-order valence-electron chi connectivity index (χ4n) is 3.10. The third kappa shape index (κ3) is 6.83. The molecular weight excluding hydrogens is 392 g/mol. The Morgan fingerprint density at radius 2 is 1.61 bits per heavy atom. The van der Waals surface area contributed by atoms with Crippen molar-refractivity contribution in [2.45, 2.75) is 56.2 Å². The second kappa shape index (κ2) is 10.9. The standard InChI is InChI=1S/C16H25OS.C6H6O3S/c1-4-5-8-17-16-13(2)11-15(12-14(16)3)18-9-6-7-10-18;7-10(8,9)6-4-2-1-3-5-6/h11-12H,4-10H2,1-3H3;1-5H,(H,7,8,9)/q+1;/p-1. The maximum absolute atomic E-state index is 10.3. The third-order valence-electron chi connectivity index (χ3n) is 4.57. The van der Waals surface area contributed by atoms with E-state index in [1.54, 1.807) is 11.0 Å². The average Bonchev–Trinajstić information content (AvgIpc) is 3.19. The molecule has 0 radical (unpaired) electrons. The molecule has 4 nitrogen and oxygen atoms in total. The Bertz CT molecular complexity index is 819. The molecule has 0 N–H and O–H groups in total. The molecule has 6 heteroatoms. The quantitative estimate of drug-likeness (QED) is 0.379. The van der Waals surface area contributed by atoms with Crippen LogP contribution in [0.5, 0.6) is 5.75 Å². The largest absolute Gasteiger partial charge is 0.744 e. The fraction of sp³-hybridized carbons (Fsp3) is 0.455. The van der Waals surface area contributed by atoms with Crippen molar-refractivity contribution in [2.75, 3.05) is 18.1 Å². The summed E-state index contributed by atoms with van der Waals surface area (Å²) in [7, 11) is -3.74. The fourth-order valence-corrected chi connectivity index (χ4v) is 6.06. The molecule has 2 aromatic rings. The van der Waals surface area contributed by atoms with Crippen molar-refractivity contribution >= 4 is 21.0 Å². The highest BCUT2D eigenvalue weighted by molar-refractivity contribution is 7.97. The first kappa shape index (κ1) is 22.8. The van der Waals surface area contributed by atoms with Crippen LogP contribution >= 0.6 is 0 Å². The number of benzene rings is 2. The second-order valence-electron chi connectivity index (χ2n) is 6.96. The Kier molecular flexibility index (Phi) is 8.86. The first-order chi connectivity index (χ1) is 13.3. The van der Waals surface area contributed by atoms with Gasteiger partial charge in [0, 0.05) is 10.9 Å². The lowest BCUT2D eigenvalue weighted by atomic mass is 10.1. The highest BCUT2D eigenvalue weighted by Gasteiger charge is 2.27. The predicted molar refractivity (Wildman–Crippen MR) is 115 cm³/mol. The molecule has 0 bridgehead atoms. The van der Waals surface area contributed by atoms with Crippen LogP contribution in [0.2, 0.25) is 0 Å². The monoisotopic (exact) mass is 422 g/mol. The number of unbranched alkanes of at least 4 members (excludes halogenated alkanes) is 1. The molecule has 1 fully saturated rings. The summed E-state index contributed by atoms with van der Waals surface area (Å²) in [5.74, 6) is 3.92. The Hall–Kier alpha value is -1.50. The molecule has 0 aliphatic carbocycles. The lowest BCUT2D eigenvalue weighted by molar-refractivity contribution is 0.305. The smallest absolute Gasteiger partial charge is 0.155 e. The van der Waals surface area contributed by atoms with Gasteiger partial charge in [-0.05, 0) is 68.5 Å². The van der Waals surface area contributed by atoms with E-state index in [-0.39, 0.29) is 4.90 Å². The minimum atomic E-state index is -4.25. The Balaban J connectivity index is 0.000000237. The van der Waals surface area contributed by atoms with Gasteiger partial charge < -0.3 is 9.29 Å². The van der Waals surface area contributed by atoms with Gasteiger partial charge in [-0.15, -0.1) is 0 Å². The van der Waals surface area contributed by atoms with E-state index in [1.807, 2.05) is 0 Å². The van der Waals surface area contributed by atoms with Gasteiger partial charge in [0.15, 0.2) is 4.90 Å². The van der Waals surface area contributed by atoms with Gasteiger partial charge >= 0.3 is 0 Å². The van der Waals surface area contributed by atoms with E-state index in [0.29, 0.717) is 10.9 Å². The van der Waals surface area contributed by atoms with Crippen molar-refractivity contribution in [3.63, 3.8) is 0 Å². The zero-order chi connectivity index (χ0) is 20.6. The van der Waals surface area contributed by atoms with Crippen molar-refractivity contribution in [3.05, 3.63) is 53.6 Å². The van der Waals surface area contributed by atoms with Crippen LogP contribution in [-0.4, -0.2) is 31.1 Å². The van der Waals surface area contributed by atoms with Crippen molar-refractivity contribution in [2.24, 2.45) is 0 Å². The summed E-state index contributed by atoms with van der Waals surface area (Å²) in [5, 5.41) is 0. The van der Waals surface area contributed by atoms with E-state index in [2.05, 4.69) is 32.9 Å². The van der Waals surface area contributed by atoms with Crippen LogP contribution in [0.1, 0.15) is 43.7 Å². The van der Waals surface area contributed by atoms with E-state index in [0.717, 1.165) is 18.8 Å². The SMILES string of the molecule is CCCCOc1c(C)cc([S+]2CCCC2)cc1C.O=S(=O)([O-])c1ccccc1. The van der Waals surface area contributed by atoms with Crippen molar-refractivity contribution in [3.8, 4) is 5.75 Å². The van der Waals surface area contributed by atoms with Gasteiger partial charge in [-0.1, -0.05) is 31.5 Å². The molecule has 0 amide bonds. The van der Waals surface area contributed by atoms with Crippen LogP contribution in [-0.2, 0) is 21.0 Å². The first-order valence-electron chi connectivity index (χ1n) is 9.75. The minimum absolute atomic E-state index is 0.185. The third-order valence-corrected chi connectivity index (χ3v) is 7.89. The molecule has 1 heterocycles. The van der Waals surface area contributed by atoms with E-state index in [9.17, 15) is 13.0 Å². The first-order valence-corrected chi connectivity index (χ1v) is 12.7. The lowest BCUT2D eigenvalue weighted by Crippen LogP contribution is -2.06. The Morgan fingerprint density at radius 1 is 1.04 bits per heavy atom. The maximum atomic E-state index is 10.3. The molecule has 1 saturated heterocycles. The molecular formula is C22H30O4S2. The maximum Gasteiger partial charge on any atom is 0.155 e. The van der Waals surface area contributed by atoms with Gasteiger partial charge in [-0.25, -0.2) is 8.42 Å². The van der Waals surface area contributed by atoms with Gasteiger partial charge in [0.1, 0.15) is 27.4 Å². The van der Waals surface area contributed by atoms with Gasteiger partial charge in [0.05, 0.1) is 11.5 Å². The van der Waals surface area contributed by atoms with Crippen LogP contribution in [0.4, 0.5) is 0 Å². The van der Waals surface area contributed by atoms with Crippen LogP contribution in [0.15, 0.2) is 52.3 Å². The highest BCUT2D eigenvalue weighted by Crippen LogP contribution is 2.30. The van der Waals surface area contributed by atoms with Crippen LogP contribution < -0.4 is 4.74 Å². The Labute approximate surface area is 172 Å². The zero-order valence-corrected chi connectivity index (χ0v) is 18.6. The number of ether oxygens (including phenoxy) is 1. The second-order valence-corrected chi connectivity index (χ2v) is 10.6. The molecule has 0 atom stereocenters. The number of hydrogen-bond acceptors (Lipinski definition) is 4. The molecule has 2 aromatic carbocycles. The number of aryl methyl sites for hydroxylation is 2. The Morgan fingerprint density at radius 3 is 2.07 bits per heavy atom. The summed E-state index contributed by atoms with van der Waals surface area (Å²) in [6.45, 7) is 7.44. The molecule has 0 spiro atoms. The number of rotatable bonds is 6. The highest BCUT2D eigenvalue weighted by atomic mass is 32.2. The summed E-state index contributed by atoms with van der Waals surface area (Å²) in [6, 6.07) is 11.9. The van der Waals surface area contributed by atoms with Crippen molar-refractivity contribution in [1.29, 1.82) is 0 Å². The van der Waals surface area contributed by atoms with E-state index >= 15 is 0 Å². The summed E-state index contributed by atoms with van der Waals surface area (Å²) in [6.07, 6.45) is 5.16. The molecule has 0 aromatic heterocycles. The molecule has 28 heavy (non-hydrogen) atoms. The predicted octanol–water partition coefficient (Wildman–Crippen LogP) is 4.84. The average molecular weight is 423 g/mol. The normalized spacial score (nSPS) is 14.4. The summed E-state index contributed by atoms with van der Waals surface area (Å²) in [5.41, 5.74) is 2.64. The van der Waals surface area contributed by atoms with E-state index in [1.165, 1.54) is 66.2 Å². The number of hydrogen-bond donors (Lipinski definition) is 0. The van der Waals surface area contributed by atoms with Crippen molar-refractivity contribution in [1.82, 2.24) is 0 Å². The topological polar surface area (TPSA) is 66.4 Å². The summed E-state index contributed by atoms with van der Waals surface area (Å²) >= 11 is 0. The van der Waals surface area contributed by atoms with Crippen LogP contribution in [0.25, 0.3) is 0 Å². The van der Waals surface area contributed by atoms with Gasteiger partial charge in [0.2, 0.25) is 0 Å². The van der Waals surface area contributed by atoms with Crippen molar-refractivity contribution < 1.29 is 17.7 Å². The molecule has 1 aliphatic rings. The zero-order valence-electron chi connectivity index (χ0n) is 16.9. The van der Waals surface area contributed by atoms with Gasteiger partial charge in [0.25, 0.3) is 0 Å². The molecule has 0 saturated carbocycles. The minimum Gasteiger partial charge on any atom is -0.744 e. The molecule has 154 valence electrons. The summed E-state index contributed by atoms with van der Waals surface area (Å²) in [4.78, 5) is 1.38. The lowest BCUT2D eigenvalue weighted by Gasteiger charge is -2.13.